The van der Waals surface area contributed by atoms with E-state index in [0.29, 0.717) is 5.02 Å². The van der Waals surface area contributed by atoms with E-state index >= 15 is 0 Å². The van der Waals surface area contributed by atoms with Gasteiger partial charge in [0.05, 0.1) is 5.02 Å². The molecule has 0 amide bonds. The first-order chi connectivity index (χ1) is 6.91. The molecule has 2 nitrogen and oxygen atoms in total. The second-order valence-corrected chi connectivity index (χ2v) is 5.19. The van der Waals surface area contributed by atoms with E-state index < -0.39 is 0 Å². The average Bonchev–Trinajstić information content (AvgIpc) is 2.09. The van der Waals surface area contributed by atoms with Crippen LogP contribution in [0.15, 0.2) is 12.1 Å². The molecule has 2 N–H and O–H groups in total. The number of fused-ring (bicyclic) bond motifs is 1. The summed E-state index contributed by atoms with van der Waals surface area (Å²) in [6.45, 7) is 6.11. The molecule has 0 saturated heterocycles. The molecule has 0 aromatic heterocycles. The van der Waals surface area contributed by atoms with Crippen molar-refractivity contribution in [2.24, 2.45) is 5.73 Å². The van der Waals surface area contributed by atoms with Crippen molar-refractivity contribution in [3.63, 3.8) is 0 Å². The SMILES string of the molecule is Cc1ccc(Cl)c2c1C(N)CC(C)(C)O2. The van der Waals surface area contributed by atoms with Gasteiger partial charge in [-0.15, -0.1) is 0 Å². The monoisotopic (exact) mass is 225 g/mol. The van der Waals surface area contributed by atoms with E-state index in [-0.39, 0.29) is 11.6 Å². The van der Waals surface area contributed by atoms with Gasteiger partial charge in [0.25, 0.3) is 0 Å². The van der Waals surface area contributed by atoms with Gasteiger partial charge in [-0.1, -0.05) is 17.7 Å². The Bertz CT molecular complexity index is 401. The van der Waals surface area contributed by atoms with Gasteiger partial charge in [-0.3, -0.25) is 0 Å². The van der Waals surface area contributed by atoms with Gasteiger partial charge in [0.1, 0.15) is 11.4 Å². The Hall–Kier alpha value is -0.730. The first-order valence-corrected chi connectivity index (χ1v) is 5.52. The molecule has 1 aliphatic heterocycles. The predicted octanol–water partition coefficient (Wildman–Crippen LogP) is 3.21. The summed E-state index contributed by atoms with van der Waals surface area (Å²) in [6, 6.07) is 3.87. The lowest BCUT2D eigenvalue weighted by molar-refractivity contribution is 0.0727. The molecule has 1 aromatic rings. The molecule has 1 atom stereocenters. The lowest BCUT2D eigenvalue weighted by Gasteiger charge is -2.37. The Kier molecular flexibility index (Phi) is 2.44. The summed E-state index contributed by atoms with van der Waals surface area (Å²) in [5, 5.41) is 0.652. The highest BCUT2D eigenvalue weighted by atomic mass is 35.5. The summed E-state index contributed by atoms with van der Waals surface area (Å²) in [5.74, 6) is 0.764. The van der Waals surface area contributed by atoms with Crippen molar-refractivity contribution in [3.05, 3.63) is 28.3 Å². The summed E-state index contributed by atoms with van der Waals surface area (Å²) in [6.07, 6.45) is 0.821. The summed E-state index contributed by atoms with van der Waals surface area (Å²) in [7, 11) is 0. The molecular weight excluding hydrogens is 210 g/mol. The van der Waals surface area contributed by atoms with Crippen LogP contribution >= 0.6 is 11.6 Å². The first-order valence-electron chi connectivity index (χ1n) is 5.14. The number of hydrogen-bond acceptors (Lipinski definition) is 2. The maximum Gasteiger partial charge on any atom is 0.143 e. The van der Waals surface area contributed by atoms with Crippen molar-refractivity contribution in [2.45, 2.75) is 38.8 Å². The minimum Gasteiger partial charge on any atom is -0.486 e. The van der Waals surface area contributed by atoms with Crippen molar-refractivity contribution in [1.82, 2.24) is 0 Å². The number of hydrogen-bond donors (Lipinski definition) is 1. The van der Waals surface area contributed by atoms with Gasteiger partial charge in [-0.05, 0) is 32.4 Å². The third kappa shape index (κ3) is 1.84. The fourth-order valence-corrected chi connectivity index (χ4v) is 2.39. The molecular formula is C12H16ClNO. The number of benzene rings is 1. The highest BCUT2D eigenvalue weighted by molar-refractivity contribution is 6.32. The maximum atomic E-state index is 6.15. The molecule has 1 aliphatic rings. The van der Waals surface area contributed by atoms with Gasteiger partial charge in [0, 0.05) is 18.0 Å². The first kappa shape index (κ1) is 10.8. The Morgan fingerprint density at radius 3 is 2.80 bits per heavy atom. The molecule has 2 rings (SSSR count). The molecule has 0 saturated carbocycles. The fraction of sp³-hybridized carbons (Fsp3) is 0.500. The molecule has 3 heteroatoms. The predicted molar refractivity (Wildman–Crippen MR) is 62.4 cm³/mol. The summed E-state index contributed by atoms with van der Waals surface area (Å²) in [5.41, 5.74) is 8.13. The Morgan fingerprint density at radius 1 is 1.47 bits per heavy atom. The largest absolute Gasteiger partial charge is 0.486 e. The van der Waals surface area contributed by atoms with Crippen LogP contribution in [0.2, 0.25) is 5.02 Å². The number of rotatable bonds is 0. The highest BCUT2D eigenvalue weighted by Crippen LogP contribution is 2.43. The van der Waals surface area contributed by atoms with E-state index in [9.17, 15) is 0 Å². The van der Waals surface area contributed by atoms with Gasteiger partial charge in [0.15, 0.2) is 0 Å². The third-order valence-corrected chi connectivity index (χ3v) is 3.12. The van der Waals surface area contributed by atoms with Crippen LogP contribution in [0.5, 0.6) is 5.75 Å². The van der Waals surface area contributed by atoms with Crippen LogP contribution in [0, 0.1) is 6.92 Å². The van der Waals surface area contributed by atoms with Crippen molar-refractivity contribution < 1.29 is 4.74 Å². The average molecular weight is 226 g/mol. The Morgan fingerprint density at radius 2 is 2.13 bits per heavy atom. The van der Waals surface area contributed by atoms with Crippen molar-refractivity contribution in [3.8, 4) is 5.75 Å². The second-order valence-electron chi connectivity index (χ2n) is 4.78. The topological polar surface area (TPSA) is 35.2 Å². The fourth-order valence-electron chi connectivity index (χ4n) is 2.19. The molecule has 0 bridgehead atoms. The summed E-state index contributed by atoms with van der Waals surface area (Å²) < 4.78 is 5.89. The molecule has 0 spiro atoms. The minimum absolute atomic E-state index is 0.0162. The van der Waals surface area contributed by atoms with Crippen molar-refractivity contribution in [2.75, 3.05) is 0 Å². The zero-order chi connectivity index (χ0) is 11.2. The summed E-state index contributed by atoms with van der Waals surface area (Å²) in [4.78, 5) is 0. The minimum atomic E-state index is -0.232. The normalized spacial score (nSPS) is 23.1. The zero-order valence-corrected chi connectivity index (χ0v) is 10.1. The van der Waals surface area contributed by atoms with Crippen molar-refractivity contribution in [1.29, 1.82) is 0 Å². The van der Waals surface area contributed by atoms with Gasteiger partial charge in [-0.25, -0.2) is 0 Å². The van der Waals surface area contributed by atoms with E-state index in [0.717, 1.165) is 23.3 Å². The third-order valence-electron chi connectivity index (χ3n) is 2.83. The quantitative estimate of drug-likeness (QED) is 0.736. The van der Waals surface area contributed by atoms with Crippen LogP contribution in [0.25, 0.3) is 0 Å². The number of nitrogens with two attached hydrogens (primary N) is 1. The zero-order valence-electron chi connectivity index (χ0n) is 9.30. The number of ether oxygens (including phenoxy) is 1. The number of aryl methyl sites for hydroxylation is 1. The van der Waals surface area contributed by atoms with Gasteiger partial charge in [-0.2, -0.15) is 0 Å². The van der Waals surface area contributed by atoms with E-state index in [4.69, 9.17) is 22.1 Å². The molecule has 1 heterocycles. The second kappa shape index (κ2) is 3.39. The molecule has 15 heavy (non-hydrogen) atoms. The smallest absolute Gasteiger partial charge is 0.143 e. The van der Waals surface area contributed by atoms with Gasteiger partial charge >= 0.3 is 0 Å². The van der Waals surface area contributed by atoms with Crippen LogP contribution in [-0.2, 0) is 0 Å². The standard InChI is InChI=1S/C12H16ClNO/c1-7-4-5-8(13)11-10(7)9(14)6-12(2,3)15-11/h4-5,9H,6,14H2,1-3H3. The number of halogens is 1. The maximum absolute atomic E-state index is 6.15. The molecule has 82 valence electrons. The molecule has 0 fully saturated rings. The molecule has 1 aromatic carbocycles. The van der Waals surface area contributed by atoms with Crippen LogP contribution < -0.4 is 10.5 Å². The molecule has 1 unspecified atom stereocenters. The lowest BCUT2D eigenvalue weighted by atomic mass is 9.88. The van der Waals surface area contributed by atoms with Crippen LogP contribution in [-0.4, -0.2) is 5.60 Å². The van der Waals surface area contributed by atoms with Crippen LogP contribution in [0.4, 0.5) is 0 Å². The van der Waals surface area contributed by atoms with E-state index in [1.165, 1.54) is 0 Å². The molecule has 0 radical (unpaired) electrons. The van der Waals surface area contributed by atoms with E-state index in [1.807, 2.05) is 32.9 Å². The highest BCUT2D eigenvalue weighted by Gasteiger charge is 2.33. The Labute approximate surface area is 95.4 Å². The Balaban J connectivity index is 2.59. The lowest BCUT2D eigenvalue weighted by Crippen LogP contribution is -2.38. The van der Waals surface area contributed by atoms with Gasteiger partial charge in [0.2, 0.25) is 0 Å². The summed E-state index contributed by atoms with van der Waals surface area (Å²) >= 11 is 6.13. The van der Waals surface area contributed by atoms with Gasteiger partial charge < -0.3 is 10.5 Å². The van der Waals surface area contributed by atoms with E-state index in [2.05, 4.69) is 0 Å². The molecule has 0 aliphatic carbocycles. The van der Waals surface area contributed by atoms with Crippen LogP contribution in [0.3, 0.4) is 0 Å². The van der Waals surface area contributed by atoms with E-state index in [1.54, 1.807) is 0 Å². The van der Waals surface area contributed by atoms with Crippen molar-refractivity contribution >= 4 is 11.6 Å². The van der Waals surface area contributed by atoms with Crippen LogP contribution in [0.1, 0.15) is 37.4 Å².